The molecular formula is C22H20ClNO6. The van der Waals surface area contributed by atoms with Gasteiger partial charge in [0.05, 0.1) is 12.2 Å². The second-order valence-electron chi connectivity index (χ2n) is 6.73. The molecule has 30 heavy (non-hydrogen) atoms. The van der Waals surface area contributed by atoms with Crippen LogP contribution in [0.2, 0.25) is 5.02 Å². The Kier molecular flexibility index (Phi) is 5.65. The third-order valence-electron chi connectivity index (χ3n) is 4.86. The van der Waals surface area contributed by atoms with E-state index >= 15 is 0 Å². The number of carbonyl (C=O) groups excluding carboxylic acids is 2. The minimum atomic E-state index is -0.454. The first-order valence-electron chi connectivity index (χ1n) is 9.58. The van der Waals surface area contributed by atoms with Gasteiger partial charge in [0.15, 0.2) is 12.6 Å². The van der Waals surface area contributed by atoms with Gasteiger partial charge in [0.1, 0.15) is 17.2 Å². The molecule has 0 fully saturated rings. The highest BCUT2D eigenvalue weighted by atomic mass is 35.5. The van der Waals surface area contributed by atoms with Crippen molar-refractivity contribution in [2.24, 2.45) is 0 Å². The molecule has 4 rings (SSSR count). The average Bonchev–Trinajstić information content (AvgIpc) is 3.03. The van der Waals surface area contributed by atoms with E-state index in [1.165, 1.54) is 6.07 Å². The van der Waals surface area contributed by atoms with Crippen LogP contribution in [0.15, 0.2) is 36.1 Å². The molecule has 0 aromatic heterocycles. The van der Waals surface area contributed by atoms with E-state index in [9.17, 15) is 9.59 Å². The maximum Gasteiger partial charge on any atom is 0.415 e. The maximum atomic E-state index is 12.8. The van der Waals surface area contributed by atoms with Gasteiger partial charge in [-0.25, -0.2) is 4.79 Å². The summed E-state index contributed by atoms with van der Waals surface area (Å²) in [7, 11) is 0. The van der Waals surface area contributed by atoms with E-state index in [1.54, 1.807) is 35.2 Å². The van der Waals surface area contributed by atoms with Crippen molar-refractivity contribution in [2.45, 2.75) is 20.5 Å². The number of halogens is 1. The number of allylic oxidation sites excluding steroid dienone is 1. The van der Waals surface area contributed by atoms with Crippen LogP contribution in [0.4, 0.5) is 4.79 Å². The standard InChI is InChI=1S/C22H20ClNO6/c1-3-24(4-2)22(26)29-16-5-6-17-18(10-16)30-19(20(17)25)9-13-7-15(23)8-14-11-27-12-28-21(13)14/h5-10H,3-4,11-12H2,1-2H3. The van der Waals surface area contributed by atoms with Gasteiger partial charge < -0.3 is 23.8 Å². The first-order chi connectivity index (χ1) is 14.5. The Labute approximate surface area is 178 Å². The number of nitrogens with zero attached hydrogens (tertiary/aromatic N) is 1. The third kappa shape index (κ3) is 3.86. The number of ether oxygens (including phenoxy) is 4. The molecule has 2 aromatic carbocycles. The number of rotatable bonds is 4. The molecule has 2 aliphatic rings. The summed E-state index contributed by atoms with van der Waals surface area (Å²) in [6.45, 7) is 5.33. The van der Waals surface area contributed by atoms with Crippen LogP contribution < -0.4 is 14.2 Å². The van der Waals surface area contributed by atoms with Gasteiger partial charge in [0, 0.05) is 35.3 Å². The van der Waals surface area contributed by atoms with Crippen molar-refractivity contribution >= 4 is 29.6 Å². The molecule has 0 N–H and O–H groups in total. The minimum absolute atomic E-state index is 0.126. The molecule has 0 bridgehead atoms. The zero-order valence-electron chi connectivity index (χ0n) is 16.6. The molecule has 2 heterocycles. The fraction of sp³-hybridized carbons (Fsp3) is 0.273. The number of Topliss-reactive ketones (excluding diaryl/α,β-unsaturated/α-hetero) is 1. The molecule has 8 heteroatoms. The Morgan fingerprint density at radius 3 is 2.80 bits per heavy atom. The van der Waals surface area contributed by atoms with Crippen molar-refractivity contribution in [2.75, 3.05) is 19.9 Å². The van der Waals surface area contributed by atoms with Gasteiger partial charge >= 0.3 is 6.09 Å². The number of benzene rings is 2. The molecule has 2 aromatic rings. The van der Waals surface area contributed by atoms with Gasteiger partial charge in [-0.05, 0) is 44.2 Å². The Balaban J connectivity index is 1.60. The van der Waals surface area contributed by atoms with Gasteiger partial charge in [-0.1, -0.05) is 11.6 Å². The Bertz CT molecular complexity index is 1040. The molecule has 0 saturated heterocycles. The highest BCUT2D eigenvalue weighted by Gasteiger charge is 2.29. The highest BCUT2D eigenvalue weighted by Crippen LogP contribution is 2.38. The molecule has 2 aliphatic heterocycles. The van der Waals surface area contributed by atoms with Crippen LogP contribution in [0, 0.1) is 0 Å². The first kappa shape index (κ1) is 20.3. The Hall–Kier alpha value is -3.03. The molecule has 0 spiro atoms. The number of carbonyl (C=O) groups is 2. The molecular weight excluding hydrogens is 410 g/mol. The molecule has 0 aliphatic carbocycles. The highest BCUT2D eigenvalue weighted by molar-refractivity contribution is 6.31. The predicted molar refractivity (Wildman–Crippen MR) is 110 cm³/mol. The van der Waals surface area contributed by atoms with Crippen LogP contribution in [0.1, 0.15) is 35.3 Å². The number of ketones is 1. The topological polar surface area (TPSA) is 74.3 Å². The SMILES string of the molecule is CCN(CC)C(=O)Oc1ccc2c(c1)OC(=Cc1cc(Cl)cc3c1OCOC3)C2=O. The van der Waals surface area contributed by atoms with E-state index < -0.39 is 6.09 Å². The Morgan fingerprint density at radius 1 is 1.23 bits per heavy atom. The first-order valence-corrected chi connectivity index (χ1v) is 9.96. The number of fused-ring (bicyclic) bond motifs is 2. The largest absolute Gasteiger partial charge is 0.467 e. The lowest BCUT2D eigenvalue weighted by Gasteiger charge is -2.20. The summed E-state index contributed by atoms with van der Waals surface area (Å²) in [4.78, 5) is 26.5. The molecule has 0 unspecified atom stereocenters. The van der Waals surface area contributed by atoms with Gasteiger partial charge in [-0.2, -0.15) is 0 Å². The maximum absolute atomic E-state index is 12.8. The quantitative estimate of drug-likeness (QED) is 0.658. The van der Waals surface area contributed by atoms with Gasteiger partial charge in [0.25, 0.3) is 0 Å². The van der Waals surface area contributed by atoms with E-state index in [0.717, 1.165) is 5.56 Å². The van der Waals surface area contributed by atoms with Gasteiger partial charge in [0.2, 0.25) is 5.78 Å². The lowest BCUT2D eigenvalue weighted by Crippen LogP contribution is -2.33. The van der Waals surface area contributed by atoms with Crippen LogP contribution in [-0.4, -0.2) is 36.7 Å². The lowest BCUT2D eigenvalue weighted by molar-refractivity contribution is -0.0165. The molecule has 0 atom stereocenters. The molecule has 7 nitrogen and oxygen atoms in total. The number of hydrogen-bond acceptors (Lipinski definition) is 6. The summed E-state index contributed by atoms with van der Waals surface area (Å²) in [5.74, 6) is 1.11. The van der Waals surface area contributed by atoms with Gasteiger partial charge in [-0.3, -0.25) is 4.79 Å². The zero-order valence-corrected chi connectivity index (χ0v) is 17.3. The van der Waals surface area contributed by atoms with Crippen LogP contribution in [0.25, 0.3) is 6.08 Å². The summed E-state index contributed by atoms with van der Waals surface area (Å²) in [5.41, 5.74) is 1.82. The summed E-state index contributed by atoms with van der Waals surface area (Å²) >= 11 is 6.19. The van der Waals surface area contributed by atoms with Crippen LogP contribution >= 0.6 is 11.6 Å². The van der Waals surface area contributed by atoms with Crippen molar-refractivity contribution in [1.82, 2.24) is 4.90 Å². The summed E-state index contributed by atoms with van der Waals surface area (Å²) in [6.07, 6.45) is 1.14. The second-order valence-corrected chi connectivity index (χ2v) is 7.17. The van der Waals surface area contributed by atoms with Crippen molar-refractivity contribution in [3.63, 3.8) is 0 Å². The fourth-order valence-corrected chi connectivity index (χ4v) is 3.58. The lowest BCUT2D eigenvalue weighted by atomic mass is 10.1. The number of hydrogen-bond donors (Lipinski definition) is 0. The average molecular weight is 430 g/mol. The van der Waals surface area contributed by atoms with Crippen molar-refractivity contribution in [3.05, 3.63) is 57.8 Å². The van der Waals surface area contributed by atoms with E-state index in [1.807, 2.05) is 13.8 Å². The second kappa shape index (κ2) is 8.38. The molecule has 156 valence electrons. The van der Waals surface area contributed by atoms with Crippen molar-refractivity contribution in [3.8, 4) is 17.2 Å². The van der Waals surface area contributed by atoms with Crippen LogP contribution in [0.3, 0.4) is 0 Å². The molecule has 1 amide bonds. The summed E-state index contributed by atoms with van der Waals surface area (Å²) < 4.78 is 22.0. The van der Waals surface area contributed by atoms with Gasteiger partial charge in [-0.15, -0.1) is 0 Å². The summed E-state index contributed by atoms with van der Waals surface area (Å²) in [5, 5.41) is 0.503. The zero-order chi connectivity index (χ0) is 21.3. The van der Waals surface area contributed by atoms with Crippen molar-refractivity contribution < 1.29 is 28.5 Å². The Morgan fingerprint density at radius 2 is 2.03 bits per heavy atom. The van der Waals surface area contributed by atoms with E-state index in [2.05, 4.69) is 0 Å². The third-order valence-corrected chi connectivity index (χ3v) is 5.08. The smallest absolute Gasteiger partial charge is 0.415 e. The van der Waals surface area contributed by atoms with E-state index in [4.69, 9.17) is 30.5 Å². The molecule has 0 saturated carbocycles. The van der Waals surface area contributed by atoms with E-state index in [0.29, 0.717) is 53.1 Å². The molecule has 0 radical (unpaired) electrons. The normalized spacial score (nSPS) is 15.8. The number of amides is 1. The monoisotopic (exact) mass is 429 g/mol. The minimum Gasteiger partial charge on any atom is -0.467 e. The fourth-order valence-electron chi connectivity index (χ4n) is 3.33. The summed E-state index contributed by atoms with van der Waals surface area (Å²) in [6, 6.07) is 8.16. The predicted octanol–water partition coefficient (Wildman–Crippen LogP) is 4.66. The van der Waals surface area contributed by atoms with E-state index in [-0.39, 0.29) is 18.3 Å². The van der Waals surface area contributed by atoms with Crippen LogP contribution in [-0.2, 0) is 11.3 Å². The van der Waals surface area contributed by atoms with Crippen LogP contribution in [0.5, 0.6) is 17.2 Å². The van der Waals surface area contributed by atoms with Crippen molar-refractivity contribution in [1.29, 1.82) is 0 Å².